The van der Waals surface area contributed by atoms with Crippen LogP contribution in [-0.4, -0.2) is 16.0 Å². The number of nitrogens with zero attached hydrogens (tertiary/aromatic N) is 1. The van der Waals surface area contributed by atoms with E-state index in [1.165, 1.54) is 0 Å². The number of nitrogens with one attached hydrogen (secondary N) is 2. The van der Waals surface area contributed by atoms with Gasteiger partial charge in [0, 0.05) is 33.4 Å². The molecule has 1 aromatic carbocycles. The van der Waals surface area contributed by atoms with Gasteiger partial charge in [0.05, 0.1) is 16.5 Å². The molecule has 1 saturated carbocycles. The average Bonchev–Trinajstić information content (AvgIpc) is 3.44. The molecule has 0 spiro atoms. The molecular weight excluding hydrogens is 414 g/mol. The van der Waals surface area contributed by atoms with Crippen LogP contribution in [0.5, 0.6) is 0 Å². The number of hydrogen-bond donors (Lipinski definition) is 2. The van der Waals surface area contributed by atoms with Gasteiger partial charge in [-0.05, 0) is 43.4 Å². The molecule has 0 aliphatic heterocycles. The van der Waals surface area contributed by atoms with Gasteiger partial charge in [-0.1, -0.05) is 48.5 Å². The minimum atomic E-state index is -0.141. The number of fused-ring (bicyclic) bond motifs is 3. The fourth-order valence-electron chi connectivity index (χ4n) is 3.02. The molecule has 2 heterocycles. The van der Waals surface area contributed by atoms with Crippen LogP contribution in [0.2, 0.25) is 0 Å². The first kappa shape index (κ1) is 19.0. The Balaban J connectivity index is 2.01. The third-order valence-corrected chi connectivity index (χ3v) is 5.93. The van der Waals surface area contributed by atoms with Crippen molar-refractivity contribution >= 4 is 43.4 Å². The molecule has 0 amide bonds. The lowest BCUT2D eigenvalue weighted by Crippen LogP contribution is -2.31. The normalized spacial score (nSPS) is 15.3. The fraction of sp³-hybridized carbons (Fsp3) is 0.391. The van der Waals surface area contributed by atoms with Crippen molar-refractivity contribution in [3.63, 3.8) is 0 Å². The van der Waals surface area contributed by atoms with E-state index in [1.807, 2.05) is 18.2 Å². The Bertz CT molecular complexity index is 1190. The topological polar surface area (TPSA) is 57.8 Å². The molecular formula is C23H24BrN3O. The van der Waals surface area contributed by atoms with E-state index in [0.717, 1.165) is 39.5 Å². The van der Waals surface area contributed by atoms with Gasteiger partial charge in [0.15, 0.2) is 0 Å². The van der Waals surface area contributed by atoms with Gasteiger partial charge in [0.2, 0.25) is 0 Å². The minimum Gasteiger partial charge on any atom is -0.367 e. The second kappa shape index (κ2) is 6.93. The number of benzene rings is 1. The Labute approximate surface area is 173 Å². The predicted molar refractivity (Wildman–Crippen MR) is 120 cm³/mol. The highest BCUT2D eigenvalue weighted by Gasteiger charge is 2.22. The first-order valence-electron chi connectivity index (χ1n) is 9.67. The summed E-state index contributed by atoms with van der Waals surface area (Å²) in [5, 5.41) is 5.97. The smallest absolute Gasteiger partial charge is 0.258 e. The van der Waals surface area contributed by atoms with Gasteiger partial charge in [0.1, 0.15) is 5.82 Å². The van der Waals surface area contributed by atoms with Crippen molar-refractivity contribution in [1.29, 1.82) is 0 Å². The molecule has 0 unspecified atom stereocenters. The third-order valence-electron chi connectivity index (χ3n) is 5.44. The highest BCUT2D eigenvalue weighted by Crippen LogP contribution is 2.33. The summed E-state index contributed by atoms with van der Waals surface area (Å²) in [6.07, 6.45) is 4.01. The van der Waals surface area contributed by atoms with E-state index in [9.17, 15) is 4.79 Å². The lowest BCUT2D eigenvalue weighted by atomic mass is 9.88. The standard InChI is InChI=1S/C23H24BrN3O/c1-13(23(2,3)4)26-21-17-10-9-16(24)11-18(17)19-20(27-21)15(12-25-22(19)28)8-7-14-5-6-14/h9-14H,5-6H2,1-4H3,(H,25,28)(H,26,27)/t13-/m1/s1. The molecule has 0 radical (unpaired) electrons. The molecule has 1 aliphatic rings. The summed E-state index contributed by atoms with van der Waals surface area (Å²) in [6.45, 7) is 8.74. The quantitative estimate of drug-likeness (QED) is 0.414. The van der Waals surface area contributed by atoms with Crippen molar-refractivity contribution in [3.8, 4) is 11.8 Å². The molecule has 5 heteroatoms. The van der Waals surface area contributed by atoms with Crippen LogP contribution in [0.1, 0.15) is 46.1 Å². The Morgan fingerprint density at radius 2 is 2.04 bits per heavy atom. The molecule has 2 aromatic heterocycles. The molecule has 4 nitrogen and oxygen atoms in total. The molecule has 28 heavy (non-hydrogen) atoms. The van der Waals surface area contributed by atoms with Crippen molar-refractivity contribution in [2.75, 3.05) is 5.32 Å². The molecule has 0 saturated heterocycles. The Morgan fingerprint density at radius 3 is 2.71 bits per heavy atom. The molecule has 144 valence electrons. The third kappa shape index (κ3) is 3.66. The highest BCUT2D eigenvalue weighted by atomic mass is 79.9. The Morgan fingerprint density at radius 1 is 1.29 bits per heavy atom. The summed E-state index contributed by atoms with van der Waals surface area (Å²) < 4.78 is 0.927. The molecule has 1 aliphatic carbocycles. The van der Waals surface area contributed by atoms with E-state index in [1.54, 1.807) is 6.20 Å². The van der Waals surface area contributed by atoms with Crippen molar-refractivity contribution in [2.24, 2.45) is 11.3 Å². The molecule has 4 rings (SSSR count). The van der Waals surface area contributed by atoms with Gasteiger partial charge in [-0.15, -0.1) is 0 Å². The van der Waals surface area contributed by atoms with Crippen LogP contribution in [0.15, 0.2) is 33.7 Å². The van der Waals surface area contributed by atoms with Crippen molar-refractivity contribution < 1.29 is 0 Å². The fourth-order valence-corrected chi connectivity index (χ4v) is 3.38. The molecule has 0 bridgehead atoms. The van der Waals surface area contributed by atoms with Crippen LogP contribution in [0.3, 0.4) is 0 Å². The zero-order valence-electron chi connectivity index (χ0n) is 16.6. The van der Waals surface area contributed by atoms with E-state index >= 15 is 0 Å². The second-order valence-electron chi connectivity index (χ2n) is 8.68. The first-order chi connectivity index (χ1) is 13.2. The maximum absolute atomic E-state index is 12.7. The maximum Gasteiger partial charge on any atom is 0.258 e. The molecule has 1 atom stereocenters. The molecule has 2 N–H and O–H groups in total. The van der Waals surface area contributed by atoms with Crippen LogP contribution in [-0.2, 0) is 0 Å². The van der Waals surface area contributed by atoms with Crippen molar-refractivity contribution in [3.05, 3.63) is 44.8 Å². The summed E-state index contributed by atoms with van der Waals surface area (Å²) >= 11 is 3.55. The van der Waals surface area contributed by atoms with E-state index in [4.69, 9.17) is 4.98 Å². The van der Waals surface area contributed by atoms with E-state index in [2.05, 4.69) is 65.8 Å². The first-order valence-corrected chi connectivity index (χ1v) is 10.5. The van der Waals surface area contributed by atoms with Gasteiger partial charge in [-0.2, -0.15) is 0 Å². The summed E-state index contributed by atoms with van der Waals surface area (Å²) in [5.74, 6) is 7.80. The number of aromatic nitrogens is 2. The van der Waals surface area contributed by atoms with Crippen LogP contribution in [0.4, 0.5) is 5.82 Å². The van der Waals surface area contributed by atoms with Gasteiger partial charge in [-0.25, -0.2) is 4.98 Å². The summed E-state index contributed by atoms with van der Waals surface area (Å²) in [6, 6.07) is 6.17. The SMILES string of the molecule is C[C@@H](Nc1nc2c(C#CC3CC3)c[nH]c(=O)c2c2cc(Br)ccc12)C(C)(C)C. The Kier molecular flexibility index (Phi) is 4.71. The van der Waals surface area contributed by atoms with Gasteiger partial charge in [0.25, 0.3) is 5.56 Å². The van der Waals surface area contributed by atoms with Crippen molar-refractivity contribution in [2.45, 2.75) is 46.6 Å². The highest BCUT2D eigenvalue weighted by molar-refractivity contribution is 9.10. The largest absolute Gasteiger partial charge is 0.367 e. The number of pyridine rings is 2. The molecule has 3 aromatic rings. The van der Waals surface area contributed by atoms with Crippen LogP contribution in [0, 0.1) is 23.2 Å². The number of H-pyrrole nitrogens is 1. The number of aromatic amines is 1. The van der Waals surface area contributed by atoms with E-state index < -0.39 is 0 Å². The lowest BCUT2D eigenvalue weighted by molar-refractivity contribution is 0.359. The Hall–Kier alpha value is -2.32. The van der Waals surface area contributed by atoms with Gasteiger partial charge >= 0.3 is 0 Å². The van der Waals surface area contributed by atoms with E-state index in [0.29, 0.717) is 16.8 Å². The maximum atomic E-state index is 12.7. The van der Waals surface area contributed by atoms with E-state index in [-0.39, 0.29) is 17.0 Å². The number of hydrogen-bond acceptors (Lipinski definition) is 3. The van der Waals surface area contributed by atoms with Crippen molar-refractivity contribution in [1.82, 2.24) is 9.97 Å². The predicted octanol–water partition coefficient (Wildman–Crippen LogP) is 5.45. The average molecular weight is 438 g/mol. The lowest BCUT2D eigenvalue weighted by Gasteiger charge is -2.29. The summed E-state index contributed by atoms with van der Waals surface area (Å²) in [7, 11) is 0. The summed E-state index contributed by atoms with van der Waals surface area (Å²) in [4.78, 5) is 20.5. The number of halogens is 1. The minimum absolute atomic E-state index is 0.0705. The molecule has 1 fully saturated rings. The van der Waals surface area contributed by atoms with Crippen LogP contribution in [0.25, 0.3) is 21.7 Å². The number of anilines is 1. The number of rotatable bonds is 2. The monoisotopic (exact) mass is 437 g/mol. The summed E-state index contributed by atoms with van der Waals surface area (Å²) in [5.41, 5.74) is 1.36. The van der Waals surface area contributed by atoms with Gasteiger partial charge < -0.3 is 10.3 Å². The van der Waals surface area contributed by atoms with Gasteiger partial charge in [-0.3, -0.25) is 4.79 Å². The van der Waals surface area contributed by atoms with Crippen LogP contribution >= 0.6 is 15.9 Å². The zero-order valence-corrected chi connectivity index (χ0v) is 18.2. The second-order valence-corrected chi connectivity index (χ2v) is 9.60. The van der Waals surface area contributed by atoms with Crippen LogP contribution < -0.4 is 10.9 Å². The zero-order chi connectivity index (χ0) is 20.1.